The number of hydrogen-bond acceptors (Lipinski definition) is 9. The number of hydrogen-bond donors (Lipinski definition) is 3. The largest absolute Gasteiger partial charge is 0.493 e. The average Bonchev–Trinajstić information content (AvgIpc) is 3.50. The van der Waals surface area contributed by atoms with E-state index < -0.39 is 17.8 Å². The molecular formula is C41H45N3O7S2. The number of esters is 1. The quantitative estimate of drug-likeness (QED) is 0.0707. The molecule has 12 heteroatoms. The van der Waals surface area contributed by atoms with Crippen LogP contribution in [0.4, 0.5) is 10.7 Å². The van der Waals surface area contributed by atoms with E-state index >= 15 is 0 Å². The number of para-hydroxylation sites is 1. The zero-order chi connectivity index (χ0) is 38.1. The van der Waals surface area contributed by atoms with Gasteiger partial charge in [0.15, 0.2) is 11.5 Å². The van der Waals surface area contributed by atoms with Crippen molar-refractivity contribution in [1.82, 2.24) is 5.32 Å². The van der Waals surface area contributed by atoms with Crippen molar-refractivity contribution in [1.29, 1.82) is 0 Å². The summed E-state index contributed by atoms with van der Waals surface area (Å²) >= 11 is 2.76. The lowest BCUT2D eigenvalue weighted by molar-refractivity contribution is -0.114. The number of amides is 3. The first kappa shape index (κ1) is 39.1. The minimum Gasteiger partial charge on any atom is -0.493 e. The molecule has 3 aromatic carbocycles. The Kier molecular flexibility index (Phi) is 13.0. The number of carbonyl (C=O) groups is 4. The van der Waals surface area contributed by atoms with Gasteiger partial charge in [-0.25, -0.2) is 4.79 Å². The summed E-state index contributed by atoms with van der Waals surface area (Å²) in [5.74, 6) is -0.290. The predicted molar refractivity (Wildman–Crippen MR) is 211 cm³/mol. The van der Waals surface area contributed by atoms with Crippen LogP contribution in [0.3, 0.4) is 0 Å². The van der Waals surface area contributed by atoms with Crippen molar-refractivity contribution in [3.63, 3.8) is 0 Å². The highest BCUT2D eigenvalue weighted by molar-refractivity contribution is 8.00. The van der Waals surface area contributed by atoms with E-state index in [9.17, 15) is 19.2 Å². The number of anilines is 2. The van der Waals surface area contributed by atoms with E-state index in [0.29, 0.717) is 44.8 Å². The monoisotopic (exact) mass is 755 g/mol. The molecule has 278 valence electrons. The standard InChI is InChI=1S/C41H45N3O7S2/c1-7-51-40(48)35-30-20-19-27(41(2,3)4)22-33(30)53-39(35)44-34(45)24-52-29-17-12-16-28(23-29)42-38(47)31(43-37(46)25-13-9-8-10-14-25)21-26-15-11-18-32(49-5)36(26)50-6/h8-18,21,23,27H,7,19-20,22,24H2,1-6H3,(H,42,47)(H,43,46)(H,44,45)/b31-21+. The number of thioether (sulfide) groups is 1. The normalized spacial score (nSPS) is 14.1. The lowest BCUT2D eigenvalue weighted by Gasteiger charge is -2.33. The predicted octanol–water partition coefficient (Wildman–Crippen LogP) is 8.23. The molecule has 1 heterocycles. The third-order valence-electron chi connectivity index (χ3n) is 8.95. The molecule has 3 amide bonds. The summed E-state index contributed by atoms with van der Waals surface area (Å²) in [5.41, 5.74) is 2.93. The van der Waals surface area contributed by atoms with Crippen molar-refractivity contribution in [2.24, 2.45) is 11.3 Å². The summed E-state index contributed by atoms with van der Waals surface area (Å²) in [6.07, 6.45) is 4.13. The highest BCUT2D eigenvalue weighted by Gasteiger charge is 2.34. The van der Waals surface area contributed by atoms with E-state index in [0.717, 1.165) is 34.6 Å². The molecule has 0 spiro atoms. The molecule has 0 radical (unpaired) electrons. The number of thiophene rings is 1. The van der Waals surface area contributed by atoms with Crippen molar-refractivity contribution >= 4 is 63.6 Å². The van der Waals surface area contributed by atoms with Gasteiger partial charge in [-0.05, 0) is 85.6 Å². The summed E-state index contributed by atoms with van der Waals surface area (Å²) in [5, 5.41) is 9.12. The maximum Gasteiger partial charge on any atom is 0.341 e. The van der Waals surface area contributed by atoms with Crippen molar-refractivity contribution in [3.05, 3.63) is 106 Å². The fourth-order valence-electron chi connectivity index (χ4n) is 6.13. The summed E-state index contributed by atoms with van der Waals surface area (Å²) in [6.45, 7) is 8.73. The molecule has 0 saturated carbocycles. The van der Waals surface area contributed by atoms with Crippen LogP contribution in [0.15, 0.2) is 83.4 Å². The van der Waals surface area contributed by atoms with Gasteiger partial charge in [0.2, 0.25) is 5.91 Å². The third kappa shape index (κ3) is 9.88. The van der Waals surface area contributed by atoms with E-state index in [1.807, 2.05) is 6.07 Å². The Balaban J connectivity index is 1.31. The Morgan fingerprint density at radius 2 is 1.70 bits per heavy atom. The van der Waals surface area contributed by atoms with Crippen molar-refractivity contribution < 1.29 is 33.4 Å². The molecule has 0 saturated heterocycles. The van der Waals surface area contributed by atoms with E-state index in [4.69, 9.17) is 14.2 Å². The molecule has 1 unspecified atom stereocenters. The first-order valence-electron chi connectivity index (χ1n) is 17.4. The van der Waals surface area contributed by atoms with Gasteiger partial charge >= 0.3 is 5.97 Å². The molecule has 3 N–H and O–H groups in total. The summed E-state index contributed by atoms with van der Waals surface area (Å²) < 4.78 is 16.4. The van der Waals surface area contributed by atoms with Crippen LogP contribution in [0.5, 0.6) is 11.5 Å². The Labute approximate surface area is 318 Å². The van der Waals surface area contributed by atoms with Gasteiger partial charge in [-0.1, -0.05) is 57.2 Å². The number of methoxy groups -OCH3 is 2. The summed E-state index contributed by atoms with van der Waals surface area (Å²) in [7, 11) is 3.01. The number of rotatable bonds is 13. The lowest BCUT2D eigenvalue weighted by atomic mass is 9.72. The minimum absolute atomic E-state index is 0.0206. The van der Waals surface area contributed by atoms with Gasteiger partial charge in [-0.2, -0.15) is 0 Å². The van der Waals surface area contributed by atoms with E-state index in [1.165, 1.54) is 43.4 Å². The molecule has 1 atom stereocenters. The average molecular weight is 756 g/mol. The second-order valence-corrected chi connectivity index (χ2v) is 15.7. The number of nitrogens with one attached hydrogen (secondary N) is 3. The maximum atomic E-state index is 13.7. The van der Waals surface area contributed by atoms with E-state index in [-0.39, 0.29) is 29.4 Å². The topological polar surface area (TPSA) is 132 Å². The molecule has 4 aromatic rings. The molecule has 1 aliphatic carbocycles. The molecular weight excluding hydrogens is 711 g/mol. The van der Waals surface area contributed by atoms with Crippen LogP contribution in [-0.4, -0.2) is 50.3 Å². The smallest absolute Gasteiger partial charge is 0.341 e. The number of carbonyl (C=O) groups excluding carboxylic acids is 4. The van der Waals surface area contributed by atoms with E-state index in [1.54, 1.807) is 73.7 Å². The van der Waals surface area contributed by atoms with Crippen LogP contribution in [0.2, 0.25) is 0 Å². The second kappa shape index (κ2) is 17.6. The molecule has 10 nitrogen and oxygen atoms in total. The number of benzene rings is 3. The Morgan fingerprint density at radius 1 is 0.943 bits per heavy atom. The van der Waals surface area contributed by atoms with Gasteiger partial charge in [0.25, 0.3) is 11.8 Å². The van der Waals surface area contributed by atoms with Crippen LogP contribution in [0.1, 0.15) is 70.8 Å². The highest BCUT2D eigenvalue weighted by atomic mass is 32.2. The van der Waals surface area contributed by atoms with E-state index in [2.05, 4.69) is 36.7 Å². The maximum absolute atomic E-state index is 13.7. The first-order chi connectivity index (χ1) is 25.4. The molecule has 0 bridgehead atoms. The summed E-state index contributed by atoms with van der Waals surface area (Å²) in [6, 6.07) is 20.9. The SMILES string of the molecule is CCOC(=O)c1c(NC(=O)CSc2cccc(NC(=O)/C(=C\c3cccc(OC)c3OC)NC(=O)c3ccccc3)c2)sc2c1CCC(C(C)(C)C)C2. The van der Waals surface area contributed by atoms with Gasteiger partial charge in [-0.15, -0.1) is 23.1 Å². The van der Waals surface area contributed by atoms with Gasteiger partial charge in [0.1, 0.15) is 10.7 Å². The van der Waals surface area contributed by atoms with Crippen molar-refractivity contribution in [2.45, 2.75) is 51.9 Å². The summed E-state index contributed by atoms with van der Waals surface area (Å²) in [4.78, 5) is 55.1. The minimum atomic E-state index is -0.569. The molecule has 0 aliphatic heterocycles. The molecule has 5 rings (SSSR count). The lowest BCUT2D eigenvalue weighted by Crippen LogP contribution is -2.30. The Bertz CT molecular complexity index is 2000. The van der Waals surface area contributed by atoms with Gasteiger partial charge in [0, 0.05) is 26.6 Å². The van der Waals surface area contributed by atoms with Crippen molar-refractivity contribution in [3.8, 4) is 11.5 Å². The number of fused-ring (bicyclic) bond motifs is 1. The van der Waals surface area contributed by atoms with Crippen LogP contribution in [-0.2, 0) is 27.2 Å². The van der Waals surface area contributed by atoms with Crippen LogP contribution in [0.25, 0.3) is 6.08 Å². The molecule has 0 fully saturated rings. The highest BCUT2D eigenvalue weighted by Crippen LogP contribution is 2.44. The van der Waals surface area contributed by atoms with Crippen LogP contribution in [0, 0.1) is 11.3 Å². The van der Waals surface area contributed by atoms with Gasteiger partial charge in [-0.3, -0.25) is 14.4 Å². The number of ether oxygens (including phenoxy) is 3. The third-order valence-corrected chi connectivity index (χ3v) is 11.1. The van der Waals surface area contributed by atoms with Gasteiger partial charge in [0.05, 0.1) is 32.1 Å². The molecule has 53 heavy (non-hydrogen) atoms. The second-order valence-electron chi connectivity index (χ2n) is 13.5. The zero-order valence-corrected chi connectivity index (χ0v) is 32.4. The molecule has 1 aromatic heterocycles. The Morgan fingerprint density at radius 3 is 2.40 bits per heavy atom. The van der Waals surface area contributed by atoms with Crippen LogP contribution >= 0.6 is 23.1 Å². The zero-order valence-electron chi connectivity index (χ0n) is 30.8. The van der Waals surface area contributed by atoms with Gasteiger partial charge < -0.3 is 30.2 Å². The Hall–Kier alpha value is -5.07. The fourth-order valence-corrected chi connectivity index (χ4v) is 8.22. The fraction of sp³-hybridized carbons (Fsp3) is 0.317. The van der Waals surface area contributed by atoms with Crippen molar-refractivity contribution in [2.75, 3.05) is 37.2 Å². The first-order valence-corrected chi connectivity index (χ1v) is 19.2. The van der Waals surface area contributed by atoms with Crippen LogP contribution < -0.4 is 25.4 Å². The molecule has 1 aliphatic rings.